The van der Waals surface area contributed by atoms with Crippen molar-refractivity contribution >= 4 is 46.4 Å². The first-order valence-electron chi connectivity index (χ1n) is 9.20. The molecule has 0 aliphatic heterocycles. The molecule has 8 heteroatoms. The number of anilines is 2. The Kier molecular flexibility index (Phi) is 5.27. The normalized spacial score (nSPS) is 12.0. The van der Waals surface area contributed by atoms with Crippen molar-refractivity contribution in [3.05, 3.63) is 93.5 Å². The van der Waals surface area contributed by atoms with Crippen molar-refractivity contribution in [3.8, 4) is 0 Å². The molecule has 0 spiro atoms. The second-order valence-corrected chi connectivity index (χ2v) is 7.22. The fraction of sp³-hybridized carbons (Fsp3) is 0.0435. The summed E-state index contributed by atoms with van der Waals surface area (Å²) in [5, 5.41) is 2.99. The molecule has 7 nitrogen and oxygen atoms in total. The van der Waals surface area contributed by atoms with Crippen LogP contribution in [0.15, 0.2) is 60.7 Å². The molecule has 0 atom stereocenters. The highest BCUT2D eigenvalue weighted by Crippen LogP contribution is 2.32. The van der Waals surface area contributed by atoms with E-state index in [-0.39, 0.29) is 39.3 Å². The molecule has 0 unspecified atom stereocenters. The topological polar surface area (TPSA) is 116 Å². The molecule has 0 aromatic heterocycles. The number of nitrogens with two attached hydrogens (primary N) is 1. The van der Waals surface area contributed by atoms with Gasteiger partial charge in [0, 0.05) is 27.4 Å². The number of ether oxygens (including phenoxy) is 1. The van der Waals surface area contributed by atoms with E-state index in [4.69, 9.17) is 22.1 Å². The number of benzene rings is 3. The number of carbonyl (C=O) groups is 4. The van der Waals surface area contributed by atoms with E-state index in [1.54, 1.807) is 42.5 Å². The van der Waals surface area contributed by atoms with Gasteiger partial charge in [-0.3, -0.25) is 14.4 Å². The number of ketones is 2. The first-order valence-corrected chi connectivity index (χ1v) is 9.58. The third-order valence-corrected chi connectivity index (χ3v) is 5.03. The molecule has 31 heavy (non-hydrogen) atoms. The molecule has 3 aromatic carbocycles. The summed E-state index contributed by atoms with van der Waals surface area (Å²) < 4.78 is 5.04. The van der Waals surface area contributed by atoms with Gasteiger partial charge in [-0.25, -0.2) is 4.79 Å². The molecule has 0 fully saturated rings. The first-order chi connectivity index (χ1) is 14.9. The predicted molar refractivity (Wildman–Crippen MR) is 115 cm³/mol. The van der Waals surface area contributed by atoms with E-state index in [9.17, 15) is 19.2 Å². The Morgan fingerprint density at radius 2 is 1.61 bits per heavy atom. The van der Waals surface area contributed by atoms with Crippen molar-refractivity contribution in [3.63, 3.8) is 0 Å². The fourth-order valence-electron chi connectivity index (χ4n) is 3.36. The van der Waals surface area contributed by atoms with E-state index in [0.29, 0.717) is 10.7 Å². The van der Waals surface area contributed by atoms with E-state index < -0.39 is 24.3 Å². The summed E-state index contributed by atoms with van der Waals surface area (Å²) in [6.07, 6.45) is 0. The third-order valence-electron chi connectivity index (χ3n) is 4.80. The van der Waals surface area contributed by atoms with Gasteiger partial charge in [-0.15, -0.1) is 0 Å². The van der Waals surface area contributed by atoms with Crippen molar-refractivity contribution in [1.29, 1.82) is 0 Å². The van der Waals surface area contributed by atoms with Crippen molar-refractivity contribution in [2.45, 2.75) is 0 Å². The molecular formula is C23H15ClN2O5. The minimum Gasteiger partial charge on any atom is -0.452 e. The molecule has 3 N–H and O–H groups in total. The molecule has 0 saturated carbocycles. The minimum atomic E-state index is -0.888. The van der Waals surface area contributed by atoms with Gasteiger partial charge in [-0.1, -0.05) is 41.9 Å². The van der Waals surface area contributed by atoms with Crippen molar-refractivity contribution in [2.75, 3.05) is 17.7 Å². The zero-order valence-corrected chi connectivity index (χ0v) is 16.7. The maximum Gasteiger partial charge on any atom is 0.340 e. The standard InChI is InChI=1S/C23H15ClN2O5/c24-12-4-3-5-13(10-12)26-18(27)11-31-23(30)17-9-8-16-19(20(17)25)22(29)15-7-2-1-6-14(15)21(16)28/h1-10H,11,25H2,(H,26,27). The van der Waals surface area contributed by atoms with E-state index in [0.717, 1.165) is 0 Å². The Bertz CT molecular complexity index is 1270. The average molecular weight is 435 g/mol. The number of nitrogen functional groups attached to an aromatic ring is 1. The highest BCUT2D eigenvalue weighted by Gasteiger charge is 2.33. The first kappa shape index (κ1) is 20.3. The van der Waals surface area contributed by atoms with Crippen LogP contribution in [0.25, 0.3) is 0 Å². The Hall–Kier alpha value is -3.97. The number of nitrogens with one attached hydrogen (secondary N) is 1. The van der Waals surface area contributed by atoms with E-state index in [1.807, 2.05) is 0 Å². The molecule has 1 aliphatic rings. The maximum absolute atomic E-state index is 12.9. The molecule has 0 heterocycles. The van der Waals surface area contributed by atoms with Crippen LogP contribution in [-0.2, 0) is 9.53 Å². The van der Waals surface area contributed by atoms with Crippen LogP contribution in [0.5, 0.6) is 0 Å². The molecule has 1 amide bonds. The van der Waals surface area contributed by atoms with Gasteiger partial charge in [0.15, 0.2) is 18.2 Å². The second kappa shape index (κ2) is 8.04. The predicted octanol–water partition coefficient (Wildman–Crippen LogP) is 3.49. The zero-order valence-electron chi connectivity index (χ0n) is 16.0. The van der Waals surface area contributed by atoms with Crippen LogP contribution >= 0.6 is 11.6 Å². The van der Waals surface area contributed by atoms with Gasteiger partial charge >= 0.3 is 5.97 Å². The summed E-state index contributed by atoms with van der Waals surface area (Å²) in [5.41, 5.74) is 6.84. The highest BCUT2D eigenvalue weighted by atomic mass is 35.5. The molecule has 0 radical (unpaired) electrons. The largest absolute Gasteiger partial charge is 0.452 e. The number of fused-ring (bicyclic) bond motifs is 2. The zero-order chi connectivity index (χ0) is 22.1. The Balaban J connectivity index is 1.53. The van der Waals surface area contributed by atoms with Crippen LogP contribution in [0.3, 0.4) is 0 Å². The summed E-state index contributed by atoms with van der Waals surface area (Å²) in [6.45, 7) is -0.572. The maximum atomic E-state index is 12.9. The Morgan fingerprint density at radius 3 is 2.32 bits per heavy atom. The quantitative estimate of drug-likeness (QED) is 0.375. The van der Waals surface area contributed by atoms with Crippen molar-refractivity contribution in [1.82, 2.24) is 0 Å². The van der Waals surface area contributed by atoms with E-state index in [2.05, 4.69) is 5.32 Å². The Morgan fingerprint density at radius 1 is 0.903 bits per heavy atom. The summed E-state index contributed by atoms with van der Waals surface area (Å²) in [4.78, 5) is 50.1. The van der Waals surface area contributed by atoms with Crippen LogP contribution < -0.4 is 11.1 Å². The number of hydrogen-bond donors (Lipinski definition) is 2. The number of rotatable bonds is 4. The lowest BCUT2D eigenvalue weighted by molar-refractivity contribution is -0.119. The number of esters is 1. The van der Waals surface area contributed by atoms with Gasteiger partial charge in [0.2, 0.25) is 0 Å². The van der Waals surface area contributed by atoms with Gasteiger partial charge in [0.25, 0.3) is 5.91 Å². The van der Waals surface area contributed by atoms with Crippen LogP contribution in [0.2, 0.25) is 5.02 Å². The van der Waals surface area contributed by atoms with Gasteiger partial charge in [0.05, 0.1) is 16.8 Å². The summed E-state index contributed by atoms with van der Waals surface area (Å²) in [5.74, 6) is -2.26. The fourth-order valence-corrected chi connectivity index (χ4v) is 3.55. The lowest BCUT2D eigenvalue weighted by atomic mass is 9.82. The minimum absolute atomic E-state index is 0.0403. The summed E-state index contributed by atoms with van der Waals surface area (Å²) in [7, 11) is 0. The third kappa shape index (κ3) is 3.78. The lowest BCUT2D eigenvalue weighted by Gasteiger charge is -2.20. The molecular weight excluding hydrogens is 420 g/mol. The molecule has 3 aromatic rings. The van der Waals surface area contributed by atoms with E-state index in [1.165, 1.54) is 18.2 Å². The lowest BCUT2D eigenvalue weighted by Crippen LogP contribution is -2.25. The highest BCUT2D eigenvalue weighted by molar-refractivity contribution is 6.31. The van der Waals surface area contributed by atoms with Gasteiger partial charge in [-0.05, 0) is 30.3 Å². The number of hydrogen-bond acceptors (Lipinski definition) is 6. The molecule has 4 rings (SSSR count). The molecule has 0 bridgehead atoms. The molecule has 154 valence electrons. The molecule has 0 saturated heterocycles. The van der Waals surface area contributed by atoms with Crippen LogP contribution in [0, 0.1) is 0 Å². The monoisotopic (exact) mass is 434 g/mol. The number of halogens is 1. The van der Waals surface area contributed by atoms with Crippen molar-refractivity contribution in [2.24, 2.45) is 0 Å². The number of carbonyl (C=O) groups excluding carboxylic acids is 4. The van der Waals surface area contributed by atoms with Gasteiger partial charge in [0.1, 0.15) is 0 Å². The summed E-state index contributed by atoms with van der Waals surface area (Å²) >= 11 is 5.86. The van der Waals surface area contributed by atoms with Gasteiger partial charge in [-0.2, -0.15) is 0 Å². The van der Waals surface area contributed by atoms with Gasteiger partial charge < -0.3 is 15.8 Å². The Labute approximate surface area is 181 Å². The van der Waals surface area contributed by atoms with Crippen LogP contribution in [0.4, 0.5) is 11.4 Å². The SMILES string of the molecule is Nc1c(C(=O)OCC(=O)Nc2cccc(Cl)c2)ccc2c1C(=O)c1ccccc1C2=O. The summed E-state index contributed by atoms with van der Waals surface area (Å²) in [6, 6.07) is 15.6. The van der Waals surface area contributed by atoms with Crippen LogP contribution in [-0.4, -0.2) is 30.0 Å². The van der Waals surface area contributed by atoms with Crippen LogP contribution in [0.1, 0.15) is 42.2 Å². The smallest absolute Gasteiger partial charge is 0.340 e. The second-order valence-electron chi connectivity index (χ2n) is 6.79. The molecule has 1 aliphatic carbocycles. The van der Waals surface area contributed by atoms with Crippen molar-refractivity contribution < 1.29 is 23.9 Å². The van der Waals surface area contributed by atoms with E-state index >= 15 is 0 Å². The number of amides is 1. The average Bonchev–Trinajstić information content (AvgIpc) is 2.75.